The second kappa shape index (κ2) is 13.9. The largest absolute Gasteiger partial charge is 0.310 e. The van der Waals surface area contributed by atoms with Crippen molar-refractivity contribution in [3.05, 3.63) is 259 Å². The number of benzene rings is 10. The lowest BCUT2D eigenvalue weighted by atomic mass is 9.68. The number of hydrogen-bond acceptors (Lipinski definition) is 1. The second-order valence-electron chi connectivity index (χ2n) is 15.3. The van der Waals surface area contributed by atoms with E-state index < -0.39 is 5.41 Å². The third-order valence-corrected chi connectivity index (χ3v) is 12.1. The second-order valence-corrected chi connectivity index (χ2v) is 15.3. The van der Waals surface area contributed by atoms with E-state index in [0.717, 1.165) is 17.1 Å². The average Bonchev–Trinajstić information content (AvgIpc) is 3.60. The first-order valence-electron chi connectivity index (χ1n) is 20.1. The van der Waals surface area contributed by atoms with Gasteiger partial charge in [-0.25, -0.2) is 0 Å². The molecule has 0 spiro atoms. The van der Waals surface area contributed by atoms with Gasteiger partial charge < -0.3 is 4.90 Å². The molecule has 0 bridgehead atoms. The summed E-state index contributed by atoms with van der Waals surface area (Å²) in [6.45, 7) is 0. The van der Waals surface area contributed by atoms with Crippen LogP contribution >= 0.6 is 0 Å². The van der Waals surface area contributed by atoms with Crippen molar-refractivity contribution in [3.8, 4) is 33.4 Å². The van der Waals surface area contributed by atoms with E-state index in [1.165, 1.54) is 77.2 Å². The zero-order chi connectivity index (χ0) is 38.5. The fourth-order valence-corrected chi connectivity index (χ4v) is 9.47. The predicted molar refractivity (Wildman–Crippen MR) is 244 cm³/mol. The summed E-state index contributed by atoms with van der Waals surface area (Å²) in [6.07, 6.45) is 0. The topological polar surface area (TPSA) is 3.24 Å². The van der Waals surface area contributed by atoms with Gasteiger partial charge in [-0.1, -0.05) is 194 Å². The Hall–Kier alpha value is -7.48. The van der Waals surface area contributed by atoms with Crippen LogP contribution in [0.3, 0.4) is 0 Å². The van der Waals surface area contributed by atoms with Crippen LogP contribution in [-0.4, -0.2) is 0 Å². The van der Waals surface area contributed by atoms with Gasteiger partial charge in [-0.2, -0.15) is 0 Å². The Labute approximate surface area is 339 Å². The molecule has 0 radical (unpaired) electrons. The molecule has 10 aromatic rings. The number of anilines is 3. The molecule has 11 rings (SSSR count). The van der Waals surface area contributed by atoms with Gasteiger partial charge in [0.15, 0.2) is 0 Å². The Morgan fingerprint density at radius 2 is 0.793 bits per heavy atom. The molecule has 272 valence electrons. The van der Waals surface area contributed by atoms with Crippen LogP contribution in [0.15, 0.2) is 237 Å². The molecule has 0 N–H and O–H groups in total. The smallest absolute Gasteiger partial charge is 0.0713 e. The van der Waals surface area contributed by atoms with Gasteiger partial charge in [0.2, 0.25) is 0 Å². The summed E-state index contributed by atoms with van der Waals surface area (Å²) in [5.41, 5.74) is 15.5. The SMILES string of the molecule is c1ccc(-c2ccc(N(c3ccc4c(c3)-c3ccccc3C4(c3ccccc3)c3ccccc3)c3ccc4cc(-c5cccc6ccccc56)ccc4c3)cc2)cc1. The lowest BCUT2D eigenvalue weighted by Gasteiger charge is -2.34. The number of nitrogens with zero attached hydrogens (tertiary/aromatic N) is 1. The third-order valence-electron chi connectivity index (χ3n) is 12.1. The van der Waals surface area contributed by atoms with Crippen LogP contribution in [0.4, 0.5) is 17.1 Å². The lowest BCUT2D eigenvalue weighted by Crippen LogP contribution is -2.28. The molecule has 0 aliphatic heterocycles. The van der Waals surface area contributed by atoms with Crippen molar-refractivity contribution in [3.63, 3.8) is 0 Å². The zero-order valence-corrected chi connectivity index (χ0v) is 32.0. The van der Waals surface area contributed by atoms with Gasteiger partial charge in [0.05, 0.1) is 5.41 Å². The van der Waals surface area contributed by atoms with E-state index in [1.807, 2.05) is 0 Å². The Morgan fingerprint density at radius 1 is 0.276 bits per heavy atom. The summed E-state index contributed by atoms with van der Waals surface area (Å²) in [7, 11) is 0. The average molecular weight is 738 g/mol. The molecule has 0 amide bonds. The van der Waals surface area contributed by atoms with Crippen molar-refractivity contribution in [2.24, 2.45) is 0 Å². The summed E-state index contributed by atoms with van der Waals surface area (Å²) in [4.78, 5) is 2.42. The lowest BCUT2D eigenvalue weighted by molar-refractivity contribution is 0.768. The van der Waals surface area contributed by atoms with Crippen molar-refractivity contribution in [1.82, 2.24) is 0 Å². The van der Waals surface area contributed by atoms with Gasteiger partial charge in [-0.3, -0.25) is 0 Å². The monoisotopic (exact) mass is 737 g/mol. The minimum atomic E-state index is -0.445. The molecule has 0 heterocycles. The molecular weight excluding hydrogens is 699 g/mol. The maximum atomic E-state index is 2.42. The van der Waals surface area contributed by atoms with Crippen molar-refractivity contribution >= 4 is 38.6 Å². The van der Waals surface area contributed by atoms with E-state index >= 15 is 0 Å². The summed E-state index contributed by atoms with van der Waals surface area (Å²) in [5.74, 6) is 0. The molecule has 0 atom stereocenters. The van der Waals surface area contributed by atoms with Crippen LogP contribution < -0.4 is 4.90 Å². The maximum absolute atomic E-state index is 2.42. The normalized spacial score (nSPS) is 12.6. The van der Waals surface area contributed by atoms with Crippen LogP contribution in [0, 0.1) is 0 Å². The maximum Gasteiger partial charge on any atom is 0.0713 e. The summed E-state index contributed by atoms with van der Waals surface area (Å²) in [5, 5.41) is 4.94. The van der Waals surface area contributed by atoms with Gasteiger partial charge in [0, 0.05) is 17.1 Å². The summed E-state index contributed by atoms with van der Waals surface area (Å²) in [6, 6.07) is 86.8. The molecular formula is C57H39N. The van der Waals surface area contributed by atoms with Crippen LogP contribution in [0.25, 0.3) is 54.9 Å². The van der Waals surface area contributed by atoms with E-state index in [4.69, 9.17) is 0 Å². The Kier molecular flexibility index (Phi) is 8.12. The quantitative estimate of drug-likeness (QED) is 0.157. The van der Waals surface area contributed by atoms with E-state index in [-0.39, 0.29) is 0 Å². The Bertz CT molecular complexity index is 3050. The molecule has 0 saturated heterocycles. The Morgan fingerprint density at radius 3 is 1.57 bits per heavy atom. The summed E-state index contributed by atoms with van der Waals surface area (Å²) >= 11 is 0. The molecule has 1 nitrogen and oxygen atoms in total. The molecule has 0 unspecified atom stereocenters. The first-order valence-corrected chi connectivity index (χ1v) is 20.1. The van der Waals surface area contributed by atoms with Crippen molar-refractivity contribution < 1.29 is 0 Å². The molecule has 0 aromatic heterocycles. The highest BCUT2D eigenvalue weighted by Gasteiger charge is 2.46. The standard InChI is InChI=1S/C57H39N/c1-4-15-40(16-5-1)41-29-32-48(33-30-41)58(49-34-31-43-37-45(28-27-44(43)38-49)52-25-14-18-42-17-10-11-23-51(42)52)50-35-36-56-54(39-50)53-24-12-13-26-55(53)57(56,46-19-6-2-7-20-46)47-21-8-3-9-22-47/h1-39H. The van der Waals surface area contributed by atoms with Gasteiger partial charge in [0.1, 0.15) is 0 Å². The highest BCUT2D eigenvalue weighted by Crippen LogP contribution is 2.57. The minimum Gasteiger partial charge on any atom is -0.310 e. The predicted octanol–water partition coefficient (Wildman–Crippen LogP) is 15.2. The molecule has 1 aliphatic rings. The molecule has 0 saturated carbocycles. The fraction of sp³-hybridized carbons (Fsp3) is 0.0175. The van der Waals surface area contributed by atoms with E-state index in [2.05, 4.69) is 241 Å². The van der Waals surface area contributed by atoms with Crippen molar-refractivity contribution in [1.29, 1.82) is 0 Å². The Balaban J connectivity index is 1.09. The van der Waals surface area contributed by atoms with E-state index in [9.17, 15) is 0 Å². The minimum absolute atomic E-state index is 0.445. The van der Waals surface area contributed by atoms with E-state index in [1.54, 1.807) is 0 Å². The first-order chi connectivity index (χ1) is 28.8. The molecule has 1 aliphatic carbocycles. The number of fused-ring (bicyclic) bond motifs is 5. The van der Waals surface area contributed by atoms with Crippen LogP contribution in [0.1, 0.15) is 22.3 Å². The molecule has 1 heteroatoms. The highest BCUT2D eigenvalue weighted by molar-refractivity contribution is 6.00. The highest BCUT2D eigenvalue weighted by atomic mass is 15.1. The van der Waals surface area contributed by atoms with Gasteiger partial charge >= 0.3 is 0 Å². The molecule has 58 heavy (non-hydrogen) atoms. The van der Waals surface area contributed by atoms with Crippen LogP contribution in [0.2, 0.25) is 0 Å². The molecule has 0 fully saturated rings. The zero-order valence-electron chi connectivity index (χ0n) is 32.0. The van der Waals surface area contributed by atoms with E-state index in [0.29, 0.717) is 0 Å². The van der Waals surface area contributed by atoms with Gasteiger partial charge in [-0.15, -0.1) is 0 Å². The van der Waals surface area contributed by atoms with Gasteiger partial charge in [-0.05, 0) is 120 Å². The number of rotatable bonds is 7. The molecule has 10 aromatic carbocycles. The number of hydrogen-bond donors (Lipinski definition) is 0. The third kappa shape index (κ3) is 5.47. The fourth-order valence-electron chi connectivity index (χ4n) is 9.47. The van der Waals surface area contributed by atoms with Crippen LogP contribution in [-0.2, 0) is 5.41 Å². The van der Waals surface area contributed by atoms with Crippen LogP contribution in [0.5, 0.6) is 0 Å². The van der Waals surface area contributed by atoms with Gasteiger partial charge in [0.25, 0.3) is 0 Å². The first kappa shape index (κ1) is 33.8. The summed E-state index contributed by atoms with van der Waals surface area (Å²) < 4.78 is 0. The van der Waals surface area contributed by atoms with Crippen molar-refractivity contribution in [2.45, 2.75) is 5.41 Å². The van der Waals surface area contributed by atoms with Crippen molar-refractivity contribution in [2.75, 3.05) is 4.90 Å².